The maximum absolute atomic E-state index is 11.8. The van der Waals surface area contributed by atoms with Crippen LogP contribution in [0.2, 0.25) is 0 Å². The number of amides is 3. The van der Waals surface area contributed by atoms with Crippen LogP contribution in [-0.2, 0) is 9.59 Å². The summed E-state index contributed by atoms with van der Waals surface area (Å²) in [5.74, 6) is -1.74. The fourth-order valence-electron chi connectivity index (χ4n) is 1.55. The molecule has 0 aliphatic heterocycles. The van der Waals surface area contributed by atoms with Crippen LogP contribution >= 0.6 is 0 Å². The second-order valence-corrected chi connectivity index (χ2v) is 4.30. The highest BCUT2D eigenvalue weighted by atomic mass is 16.4. The molecule has 104 valence electrons. The van der Waals surface area contributed by atoms with Gasteiger partial charge in [0, 0.05) is 6.54 Å². The fraction of sp³-hybridized carbons (Fsp3) is 0.727. The van der Waals surface area contributed by atoms with Gasteiger partial charge in [0.15, 0.2) is 0 Å². The zero-order valence-electron chi connectivity index (χ0n) is 11.0. The molecule has 0 spiro atoms. The van der Waals surface area contributed by atoms with Crippen molar-refractivity contribution in [2.75, 3.05) is 13.1 Å². The van der Waals surface area contributed by atoms with Crippen molar-refractivity contribution in [3.63, 3.8) is 0 Å². The Morgan fingerprint density at radius 3 is 2.22 bits per heavy atom. The summed E-state index contributed by atoms with van der Waals surface area (Å²) in [4.78, 5) is 35.0. The van der Waals surface area contributed by atoms with Gasteiger partial charge in [0.2, 0.25) is 5.91 Å². The lowest BCUT2D eigenvalue weighted by Crippen LogP contribution is -2.57. The van der Waals surface area contributed by atoms with E-state index < -0.39 is 23.4 Å². The Bertz CT molecular complexity index is 332. The number of carboxylic acids is 1. The third-order valence-electron chi connectivity index (χ3n) is 2.62. The molecule has 18 heavy (non-hydrogen) atoms. The predicted octanol–water partition coefficient (Wildman–Crippen LogP) is 0.147. The monoisotopic (exact) mass is 259 g/mol. The van der Waals surface area contributed by atoms with Gasteiger partial charge in [0.1, 0.15) is 12.1 Å². The summed E-state index contributed by atoms with van der Waals surface area (Å²) >= 11 is 0. The molecule has 1 atom stereocenters. The molecule has 0 aromatic carbocycles. The normalized spacial score (nSPS) is 13.5. The molecule has 0 saturated carbocycles. The molecule has 7 heteroatoms. The summed E-state index contributed by atoms with van der Waals surface area (Å²) in [6, 6.07) is -0.602. The SMILES string of the molecule is CCCC(C)(NC(=O)N(CC)CC(N)=O)C(=O)O. The molecule has 0 aromatic heterocycles. The Morgan fingerprint density at radius 1 is 1.33 bits per heavy atom. The van der Waals surface area contributed by atoms with Crippen molar-refractivity contribution in [1.82, 2.24) is 10.2 Å². The lowest BCUT2D eigenvalue weighted by molar-refractivity contribution is -0.144. The molecule has 4 N–H and O–H groups in total. The summed E-state index contributed by atoms with van der Waals surface area (Å²) in [6.45, 7) is 4.99. The summed E-state index contributed by atoms with van der Waals surface area (Å²) in [7, 11) is 0. The second kappa shape index (κ2) is 6.83. The molecule has 0 bridgehead atoms. The van der Waals surface area contributed by atoms with Crippen molar-refractivity contribution >= 4 is 17.9 Å². The van der Waals surface area contributed by atoms with Gasteiger partial charge in [-0.2, -0.15) is 0 Å². The fourth-order valence-corrected chi connectivity index (χ4v) is 1.55. The van der Waals surface area contributed by atoms with Crippen LogP contribution in [0.1, 0.15) is 33.6 Å². The molecule has 0 fully saturated rings. The molecule has 0 aliphatic rings. The van der Waals surface area contributed by atoms with E-state index in [9.17, 15) is 14.4 Å². The van der Waals surface area contributed by atoms with Crippen molar-refractivity contribution in [1.29, 1.82) is 0 Å². The van der Waals surface area contributed by atoms with Crippen LogP contribution in [0.15, 0.2) is 0 Å². The van der Waals surface area contributed by atoms with Gasteiger partial charge in [-0.15, -0.1) is 0 Å². The minimum atomic E-state index is -1.34. The Labute approximate surface area is 106 Å². The van der Waals surface area contributed by atoms with Crippen molar-refractivity contribution in [2.45, 2.75) is 39.2 Å². The van der Waals surface area contributed by atoms with Gasteiger partial charge in [-0.3, -0.25) is 4.79 Å². The number of carboxylic acid groups (broad SMARTS) is 1. The number of carbonyl (C=O) groups excluding carboxylic acids is 2. The van der Waals surface area contributed by atoms with Gasteiger partial charge in [-0.25, -0.2) is 9.59 Å². The van der Waals surface area contributed by atoms with Gasteiger partial charge >= 0.3 is 12.0 Å². The van der Waals surface area contributed by atoms with E-state index in [1.807, 2.05) is 6.92 Å². The highest BCUT2D eigenvalue weighted by Crippen LogP contribution is 2.13. The van der Waals surface area contributed by atoms with Crippen LogP contribution in [0, 0.1) is 0 Å². The van der Waals surface area contributed by atoms with Crippen molar-refractivity contribution in [3.05, 3.63) is 0 Å². The number of rotatable bonds is 7. The first-order valence-corrected chi connectivity index (χ1v) is 5.85. The number of hydrogen-bond acceptors (Lipinski definition) is 3. The predicted molar refractivity (Wildman–Crippen MR) is 65.9 cm³/mol. The number of nitrogens with zero attached hydrogens (tertiary/aromatic N) is 1. The number of hydrogen-bond donors (Lipinski definition) is 3. The number of aliphatic carboxylic acids is 1. The highest BCUT2D eigenvalue weighted by Gasteiger charge is 2.35. The quantitative estimate of drug-likeness (QED) is 0.603. The maximum atomic E-state index is 11.8. The van der Waals surface area contributed by atoms with E-state index in [2.05, 4.69) is 5.32 Å². The van der Waals surface area contributed by atoms with Gasteiger partial charge in [0.25, 0.3) is 0 Å². The van der Waals surface area contributed by atoms with E-state index in [4.69, 9.17) is 10.8 Å². The molecule has 0 aromatic rings. The van der Waals surface area contributed by atoms with E-state index >= 15 is 0 Å². The van der Waals surface area contributed by atoms with Crippen LogP contribution in [0.3, 0.4) is 0 Å². The Kier molecular flexibility index (Phi) is 6.15. The van der Waals surface area contributed by atoms with Crippen molar-refractivity contribution < 1.29 is 19.5 Å². The van der Waals surface area contributed by atoms with Crippen LogP contribution in [0.5, 0.6) is 0 Å². The lowest BCUT2D eigenvalue weighted by Gasteiger charge is -2.29. The molecule has 0 rings (SSSR count). The molecular weight excluding hydrogens is 238 g/mol. The molecule has 0 radical (unpaired) electrons. The minimum absolute atomic E-state index is 0.232. The molecule has 0 saturated heterocycles. The number of urea groups is 1. The van der Waals surface area contributed by atoms with Gasteiger partial charge in [-0.1, -0.05) is 13.3 Å². The van der Waals surface area contributed by atoms with Crippen molar-refractivity contribution in [2.24, 2.45) is 5.73 Å². The Hall–Kier alpha value is -1.79. The number of likely N-dealkylation sites (N-methyl/N-ethyl adjacent to an activating group) is 1. The molecular formula is C11H21N3O4. The first-order valence-electron chi connectivity index (χ1n) is 5.85. The van der Waals surface area contributed by atoms with Gasteiger partial charge < -0.3 is 21.1 Å². The Balaban J connectivity index is 4.77. The van der Waals surface area contributed by atoms with E-state index in [-0.39, 0.29) is 13.1 Å². The van der Waals surface area contributed by atoms with E-state index in [0.717, 1.165) is 0 Å². The minimum Gasteiger partial charge on any atom is -0.480 e. The lowest BCUT2D eigenvalue weighted by atomic mass is 9.96. The van der Waals surface area contributed by atoms with Gasteiger partial charge in [0.05, 0.1) is 0 Å². The van der Waals surface area contributed by atoms with Crippen LogP contribution in [0.4, 0.5) is 4.79 Å². The maximum Gasteiger partial charge on any atom is 0.329 e. The van der Waals surface area contributed by atoms with Crippen LogP contribution in [0.25, 0.3) is 0 Å². The van der Waals surface area contributed by atoms with E-state index in [1.54, 1.807) is 6.92 Å². The van der Waals surface area contributed by atoms with Crippen LogP contribution < -0.4 is 11.1 Å². The number of nitrogens with one attached hydrogen (secondary N) is 1. The molecule has 3 amide bonds. The number of primary amides is 1. The number of nitrogens with two attached hydrogens (primary N) is 1. The third-order valence-corrected chi connectivity index (χ3v) is 2.62. The highest BCUT2D eigenvalue weighted by molar-refractivity contribution is 5.88. The molecule has 0 heterocycles. The zero-order valence-corrected chi connectivity index (χ0v) is 11.0. The molecule has 1 unspecified atom stereocenters. The average molecular weight is 259 g/mol. The molecule has 7 nitrogen and oxygen atoms in total. The van der Waals surface area contributed by atoms with E-state index in [1.165, 1.54) is 11.8 Å². The number of carbonyl (C=O) groups is 3. The first kappa shape index (κ1) is 16.2. The van der Waals surface area contributed by atoms with Crippen LogP contribution in [-0.4, -0.2) is 46.5 Å². The third kappa shape index (κ3) is 4.60. The summed E-state index contributed by atoms with van der Waals surface area (Å²) in [5.41, 5.74) is 3.68. The van der Waals surface area contributed by atoms with Gasteiger partial charge in [-0.05, 0) is 20.3 Å². The van der Waals surface area contributed by atoms with Crippen molar-refractivity contribution in [3.8, 4) is 0 Å². The molecule has 0 aliphatic carbocycles. The standard InChI is InChI=1S/C11H21N3O4/c1-4-6-11(3,9(16)17)13-10(18)14(5-2)7-8(12)15/h4-7H2,1-3H3,(H2,12,15)(H,13,18)(H,16,17). The zero-order chi connectivity index (χ0) is 14.3. The Morgan fingerprint density at radius 2 is 1.89 bits per heavy atom. The summed E-state index contributed by atoms with van der Waals surface area (Å²) < 4.78 is 0. The summed E-state index contributed by atoms with van der Waals surface area (Å²) in [5, 5.41) is 11.6. The first-order chi connectivity index (χ1) is 8.26. The topological polar surface area (TPSA) is 113 Å². The average Bonchev–Trinajstić information content (AvgIpc) is 2.25. The summed E-state index contributed by atoms with van der Waals surface area (Å²) in [6.07, 6.45) is 0.924. The largest absolute Gasteiger partial charge is 0.480 e. The van der Waals surface area contributed by atoms with E-state index in [0.29, 0.717) is 12.8 Å². The second-order valence-electron chi connectivity index (χ2n) is 4.30. The smallest absolute Gasteiger partial charge is 0.329 e.